The van der Waals surface area contributed by atoms with Crippen LogP contribution in [-0.4, -0.2) is 49.0 Å². The lowest BCUT2D eigenvalue weighted by Crippen LogP contribution is -2.44. The zero-order chi connectivity index (χ0) is 18.0. The van der Waals surface area contributed by atoms with E-state index >= 15 is 0 Å². The standard InChI is InChI=1S/C16H17ClN4O4/c1-19-7-9-20(10-8-19)15-11(17)3-2-4-12(15)18-16(22)13-5-6-14(25-13)21(23)24/h2-6H,7-10H2,1H3,(H,18,22). The first kappa shape index (κ1) is 17.2. The number of hydrogen-bond acceptors (Lipinski definition) is 6. The van der Waals surface area contributed by atoms with E-state index in [9.17, 15) is 14.9 Å². The molecule has 3 rings (SSSR count). The fourth-order valence-electron chi connectivity index (χ4n) is 2.70. The number of nitrogens with zero attached hydrogens (tertiary/aromatic N) is 3. The van der Waals surface area contributed by atoms with Crippen molar-refractivity contribution in [2.45, 2.75) is 0 Å². The lowest BCUT2D eigenvalue weighted by Gasteiger charge is -2.35. The van der Waals surface area contributed by atoms with Gasteiger partial charge >= 0.3 is 5.88 Å². The largest absolute Gasteiger partial charge is 0.433 e. The maximum atomic E-state index is 12.4. The van der Waals surface area contributed by atoms with E-state index < -0.39 is 16.7 Å². The Morgan fingerprint density at radius 2 is 1.96 bits per heavy atom. The minimum Gasteiger partial charge on any atom is -0.395 e. The molecule has 0 spiro atoms. The van der Waals surface area contributed by atoms with E-state index in [2.05, 4.69) is 22.2 Å². The van der Waals surface area contributed by atoms with Gasteiger partial charge in [-0.15, -0.1) is 0 Å². The molecule has 8 nitrogen and oxygen atoms in total. The van der Waals surface area contributed by atoms with Crippen molar-refractivity contribution < 1.29 is 14.1 Å². The van der Waals surface area contributed by atoms with E-state index in [4.69, 9.17) is 16.0 Å². The number of para-hydroxylation sites is 1. The van der Waals surface area contributed by atoms with Crippen molar-refractivity contribution in [3.63, 3.8) is 0 Å². The zero-order valence-electron chi connectivity index (χ0n) is 13.6. The van der Waals surface area contributed by atoms with Crippen LogP contribution in [-0.2, 0) is 0 Å². The summed E-state index contributed by atoms with van der Waals surface area (Å²) in [6, 6.07) is 7.67. The highest BCUT2D eigenvalue weighted by Gasteiger charge is 2.22. The van der Waals surface area contributed by atoms with Gasteiger partial charge in [0, 0.05) is 26.2 Å². The number of piperazine rings is 1. The molecule has 1 aromatic heterocycles. The van der Waals surface area contributed by atoms with Gasteiger partial charge in [0.25, 0.3) is 5.91 Å². The summed E-state index contributed by atoms with van der Waals surface area (Å²) in [6.07, 6.45) is 0. The molecule has 2 heterocycles. The molecule has 0 radical (unpaired) electrons. The third-order valence-corrected chi connectivity index (χ3v) is 4.36. The van der Waals surface area contributed by atoms with Gasteiger partial charge in [0.1, 0.15) is 4.92 Å². The smallest absolute Gasteiger partial charge is 0.395 e. The van der Waals surface area contributed by atoms with Crippen LogP contribution in [0.4, 0.5) is 17.3 Å². The number of anilines is 2. The van der Waals surface area contributed by atoms with Gasteiger partial charge in [-0.1, -0.05) is 17.7 Å². The molecule has 0 bridgehead atoms. The number of halogens is 1. The van der Waals surface area contributed by atoms with Crippen LogP contribution in [0.1, 0.15) is 10.6 Å². The number of carbonyl (C=O) groups excluding carboxylic acids is 1. The fraction of sp³-hybridized carbons (Fsp3) is 0.312. The topological polar surface area (TPSA) is 91.9 Å². The first-order valence-electron chi connectivity index (χ1n) is 7.73. The summed E-state index contributed by atoms with van der Waals surface area (Å²) >= 11 is 6.35. The molecule has 1 fully saturated rings. The van der Waals surface area contributed by atoms with Crippen molar-refractivity contribution in [3.8, 4) is 0 Å². The molecule has 132 valence electrons. The predicted molar refractivity (Wildman–Crippen MR) is 94.5 cm³/mol. The van der Waals surface area contributed by atoms with Gasteiger partial charge in [0.15, 0.2) is 5.76 Å². The highest BCUT2D eigenvalue weighted by atomic mass is 35.5. The van der Waals surface area contributed by atoms with E-state index in [-0.39, 0.29) is 5.76 Å². The van der Waals surface area contributed by atoms with Crippen LogP contribution in [0.5, 0.6) is 0 Å². The van der Waals surface area contributed by atoms with Crippen LogP contribution in [0.3, 0.4) is 0 Å². The first-order chi connectivity index (χ1) is 12.0. The van der Waals surface area contributed by atoms with Gasteiger partial charge in [-0.25, -0.2) is 0 Å². The Labute approximate surface area is 149 Å². The summed E-state index contributed by atoms with van der Waals surface area (Å²) in [4.78, 5) is 26.7. The number of benzene rings is 1. The van der Waals surface area contributed by atoms with Crippen LogP contribution in [0.15, 0.2) is 34.7 Å². The molecule has 25 heavy (non-hydrogen) atoms. The van der Waals surface area contributed by atoms with Crippen molar-refractivity contribution in [1.82, 2.24) is 4.90 Å². The van der Waals surface area contributed by atoms with Gasteiger partial charge in [-0.2, -0.15) is 0 Å². The number of rotatable bonds is 4. The molecule has 1 aliphatic heterocycles. The molecule has 0 unspecified atom stereocenters. The van der Waals surface area contributed by atoms with E-state index in [1.807, 2.05) is 0 Å². The molecule has 9 heteroatoms. The Bertz CT molecular complexity index is 799. The second-order valence-electron chi connectivity index (χ2n) is 5.78. The number of hydrogen-bond donors (Lipinski definition) is 1. The zero-order valence-corrected chi connectivity index (χ0v) is 14.3. The van der Waals surface area contributed by atoms with Crippen molar-refractivity contribution in [1.29, 1.82) is 0 Å². The quantitative estimate of drug-likeness (QED) is 0.662. The van der Waals surface area contributed by atoms with E-state index in [1.54, 1.807) is 18.2 Å². The van der Waals surface area contributed by atoms with E-state index in [0.29, 0.717) is 10.7 Å². The average molecular weight is 365 g/mol. The number of amides is 1. The highest BCUT2D eigenvalue weighted by molar-refractivity contribution is 6.34. The van der Waals surface area contributed by atoms with Gasteiger partial charge < -0.3 is 19.5 Å². The summed E-state index contributed by atoms with van der Waals surface area (Å²) < 4.78 is 4.94. The Hall–Kier alpha value is -2.58. The molecule has 1 aromatic carbocycles. The number of likely N-dealkylation sites (N-methyl/N-ethyl adjacent to an activating group) is 1. The van der Waals surface area contributed by atoms with Crippen molar-refractivity contribution in [2.24, 2.45) is 0 Å². The normalized spacial score (nSPS) is 15.2. The van der Waals surface area contributed by atoms with E-state index in [1.165, 1.54) is 6.07 Å². The summed E-state index contributed by atoms with van der Waals surface area (Å²) in [5, 5.41) is 13.9. The van der Waals surface area contributed by atoms with Crippen LogP contribution >= 0.6 is 11.6 Å². The van der Waals surface area contributed by atoms with Crippen LogP contribution in [0, 0.1) is 10.1 Å². The highest BCUT2D eigenvalue weighted by Crippen LogP contribution is 2.35. The third kappa shape index (κ3) is 3.75. The minimum atomic E-state index is -0.689. The maximum absolute atomic E-state index is 12.4. The van der Waals surface area contributed by atoms with Gasteiger partial charge in [0.2, 0.25) is 0 Å². The van der Waals surface area contributed by atoms with Gasteiger partial charge in [-0.05, 0) is 25.2 Å². The molecular weight excluding hydrogens is 348 g/mol. The first-order valence-corrected chi connectivity index (χ1v) is 8.11. The molecule has 1 amide bonds. The van der Waals surface area contributed by atoms with Crippen molar-refractivity contribution in [2.75, 3.05) is 43.4 Å². The molecule has 1 N–H and O–H groups in total. The number of nitrogens with one attached hydrogen (secondary N) is 1. The van der Waals surface area contributed by atoms with E-state index in [0.717, 1.165) is 37.9 Å². The predicted octanol–water partition coefficient (Wildman–Crippen LogP) is 2.85. The Morgan fingerprint density at radius 1 is 1.24 bits per heavy atom. The summed E-state index contributed by atoms with van der Waals surface area (Å²) in [6.45, 7) is 3.36. The van der Waals surface area contributed by atoms with Crippen LogP contribution < -0.4 is 10.2 Å². The average Bonchev–Trinajstić information content (AvgIpc) is 3.07. The second kappa shape index (κ2) is 7.12. The molecule has 1 saturated heterocycles. The lowest BCUT2D eigenvalue weighted by molar-refractivity contribution is -0.402. The lowest BCUT2D eigenvalue weighted by atomic mass is 10.2. The molecular formula is C16H17ClN4O4. The molecule has 1 aliphatic rings. The molecule has 0 saturated carbocycles. The Balaban J connectivity index is 1.83. The SMILES string of the molecule is CN1CCN(c2c(Cl)cccc2NC(=O)c2ccc([N+](=O)[O-])o2)CC1. The number of furan rings is 1. The summed E-state index contributed by atoms with van der Waals surface area (Å²) in [5.74, 6) is -1.17. The Kier molecular flexibility index (Phi) is 4.91. The summed E-state index contributed by atoms with van der Waals surface area (Å²) in [7, 11) is 2.05. The van der Waals surface area contributed by atoms with Gasteiger partial charge in [0.05, 0.1) is 22.5 Å². The molecule has 0 aliphatic carbocycles. The number of carbonyl (C=O) groups is 1. The number of nitro groups is 1. The van der Waals surface area contributed by atoms with Crippen molar-refractivity contribution in [3.05, 3.63) is 51.2 Å². The molecule has 0 atom stereocenters. The molecule has 2 aromatic rings. The van der Waals surface area contributed by atoms with Crippen molar-refractivity contribution >= 4 is 34.8 Å². The Morgan fingerprint density at radius 3 is 2.60 bits per heavy atom. The fourth-order valence-corrected chi connectivity index (χ4v) is 2.99. The van der Waals surface area contributed by atoms with Crippen LogP contribution in [0.2, 0.25) is 5.02 Å². The van der Waals surface area contributed by atoms with Gasteiger partial charge in [-0.3, -0.25) is 14.9 Å². The third-order valence-electron chi connectivity index (χ3n) is 4.05. The maximum Gasteiger partial charge on any atom is 0.433 e. The monoisotopic (exact) mass is 364 g/mol. The minimum absolute atomic E-state index is 0.129. The summed E-state index contributed by atoms with van der Waals surface area (Å²) in [5.41, 5.74) is 1.28. The second-order valence-corrected chi connectivity index (χ2v) is 6.18. The van der Waals surface area contributed by atoms with Crippen LogP contribution in [0.25, 0.3) is 0 Å².